The lowest BCUT2D eigenvalue weighted by Gasteiger charge is -2.34. The molecule has 2 aliphatic carbocycles. The molecule has 39 heavy (non-hydrogen) atoms. The van der Waals surface area contributed by atoms with Gasteiger partial charge in [0.15, 0.2) is 0 Å². The number of nitrogens with zero attached hydrogens (tertiary/aromatic N) is 4. The van der Waals surface area contributed by atoms with E-state index in [1.54, 1.807) is 43.6 Å². The van der Waals surface area contributed by atoms with Gasteiger partial charge in [0, 0.05) is 35.6 Å². The van der Waals surface area contributed by atoms with Crippen molar-refractivity contribution in [2.75, 3.05) is 0 Å². The van der Waals surface area contributed by atoms with Crippen LogP contribution >= 0.6 is 0 Å². The number of fused-ring (bicyclic) bond motifs is 1. The van der Waals surface area contributed by atoms with Crippen molar-refractivity contribution in [3.8, 4) is 11.3 Å². The Hall–Kier alpha value is -4.33. The topological polar surface area (TPSA) is 77.3 Å². The van der Waals surface area contributed by atoms with Gasteiger partial charge in [-0.25, -0.2) is 9.18 Å². The number of halogens is 1. The first kappa shape index (κ1) is 25.0. The van der Waals surface area contributed by atoms with Crippen LogP contribution in [0.5, 0.6) is 0 Å². The summed E-state index contributed by atoms with van der Waals surface area (Å²) in [4.78, 5) is 32.5. The van der Waals surface area contributed by atoms with Crippen molar-refractivity contribution in [2.24, 2.45) is 0 Å². The number of pyridine rings is 1. The summed E-state index contributed by atoms with van der Waals surface area (Å²) >= 11 is 0. The first-order chi connectivity index (χ1) is 19.0. The molecule has 2 heterocycles. The Labute approximate surface area is 226 Å². The van der Waals surface area contributed by atoms with E-state index in [1.807, 2.05) is 35.2 Å². The first-order valence-corrected chi connectivity index (χ1v) is 13.3. The van der Waals surface area contributed by atoms with E-state index < -0.39 is 6.09 Å². The number of ether oxygens (including phenoxy) is 1. The number of rotatable bonds is 6. The third-order valence-electron chi connectivity index (χ3n) is 7.39. The van der Waals surface area contributed by atoms with E-state index in [0.717, 1.165) is 41.6 Å². The summed E-state index contributed by atoms with van der Waals surface area (Å²) in [7, 11) is 0. The van der Waals surface area contributed by atoms with Crippen molar-refractivity contribution in [3.05, 3.63) is 107 Å². The van der Waals surface area contributed by atoms with Gasteiger partial charge in [0.25, 0.3) is 5.91 Å². The zero-order chi connectivity index (χ0) is 26.9. The van der Waals surface area contributed by atoms with Crippen LogP contribution in [0.15, 0.2) is 73.1 Å². The van der Waals surface area contributed by atoms with E-state index in [9.17, 15) is 14.0 Å². The van der Waals surface area contributed by atoms with Crippen molar-refractivity contribution in [1.29, 1.82) is 0 Å². The standard InChI is InChI=1S/C31H29FN4O3/c1-20-15-27(32)29(33-17-20)22-7-9-23(10-8-22)30(37)36(25-11-12-25)26-13-14-28-24(16-26)18-35(34-28)31(38)39-19-21-5-3-2-4-6-21/h2-10,15,17-18,25-26H,11-14,16,19H2,1H3. The molecule has 6 rings (SSSR count). The number of aromatic nitrogens is 3. The second kappa shape index (κ2) is 10.4. The molecule has 2 aromatic heterocycles. The lowest BCUT2D eigenvalue weighted by Crippen LogP contribution is -2.44. The van der Waals surface area contributed by atoms with Crippen LogP contribution in [-0.2, 0) is 24.2 Å². The van der Waals surface area contributed by atoms with E-state index in [4.69, 9.17) is 4.74 Å². The first-order valence-electron chi connectivity index (χ1n) is 13.3. The second-order valence-corrected chi connectivity index (χ2v) is 10.3. The third-order valence-corrected chi connectivity index (χ3v) is 7.39. The predicted molar refractivity (Wildman–Crippen MR) is 144 cm³/mol. The average Bonchev–Trinajstić information content (AvgIpc) is 3.69. The third kappa shape index (κ3) is 5.32. The maximum absolute atomic E-state index is 14.4. The van der Waals surface area contributed by atoms with Gasteiger partial charge < -0.3 is 9.64 Å². The SMILES string of the molecule is Cc1cnc(-c2ccc(C(=O)N(C3CC3)C3CCc4nn(C(=O)OCc5ccccc5)cc4C3)cc2)c(F)c1. The number of benzene rings is 2. The summed E-state index contributed by atoms with van der Waals surface area (Å²) in [6.45, 7) is 1.98. The summed E-state index contributed by atoms with van der Waals surface area (Å²) in [5.41, 5.74) is 5.00. The molecule has 8 heteroatoms. The van der Waals surface area contributed by atoms with Crippen LogP contribution in [0.4, 0.5) is 9.18 Å². The highest BCUT2D eigenvalue weighted by Gasteiger charge is 2.39. The number of hydrogen-bond acceptors (Lipinski definition) is 5. The fraction of sp³-hybridized carbons (Fsp3) is 0.290. The molecule has 198 valence electrons. The second-order valence-electron chi connectivity index (χ2n) is 10.3. The summed E-state index contributed by atoms with van der Waals surface area (Å²) in [5, 5.41) is 4.47. The molecular formula is C31H29FN4O3. The maximum Gasteiger partial charge on any atom is 0.435 e. The van der Waals surface area contributed by atoms with Crippen molar-refractivity contribution >= 4 is 12.0 Å². The van der Waals surface area contributed by atoms with Gasteiger partial charge in [-0.15, -0.1) is 0 Å². The van der Waals surface area contributed by atoms with Gasteiger partial charge in [0.1, 0.15) is 18.1 Å². The van der Waals surface area contributed by atoms with Crippen molar-refractivity contribution in [3.63, 3.8) is 0 Å². The molecule has 0 saturated heterocycles. The van der Waals surface area contributed by atoms with Crippen LogP contribution in [0.1, 0.15) is 52.0 Å². The van der Waals surface area contributed by atoms with Crippen LogP contribution in [0.25, 0.3) is 11.3 Å². The minimum Gasteiger partial charge on any atom is -0.443 e. The Morgan fingerprint density at radius 2 is 1.82 bits per heavy atom. The highest BCUT2D eigenvalue weighted by molar-refractivity contribution is 5.95. The van der Waals surface area contributed by atoms with E-state index in [1.165, 1.54) is 10.7 Å². The van der Waals surface area contributed by atoms with Crippen molar-refractivity contribution in [2.45, 2.75) is 57.7 Å². The molecule has 1 fully saturated rings. The zero-order valence-electron chi connectivity index (χ0n) is 21.7. The minimum atomic E-state index is -0.514. The van der Waals surface area contributed by atoms with Crippen molar-refractivity contribution in [1.82, 2.24) is 19.7 Å². The Morgan fingerprint density at radius 3 is 2.54 bits per heavy atom. The highest BCUT2D eigenvalue weighted by atomic mass is 19.1. The Kier molecular flexibility index (Phi) is 6.69. The largest absolute Gasteiger partial charge is 0.443 e. The Bertz CT molecular complexity index is 1510. The minimum absolute atomic E-state index is 0.0198. The quantitative estimate of drug-likeness (QED) is 0.322. The molecule has 2 aromatic carbocycles. The summed E-state index contributed by atoms with van der Waals surface area (Å²) < 4.78 is 21.1. The maximum atomic E-state index is 14.4. The number of carbonyl (C=O) groups is 2. The van der Waals surface area contributed by atoms with Gasteiger partial charge in [-0.1, -0.05) is 42.5 Å². The zero-order valence-corrected chi connectivity index (χ0v) is 21.7. The molecule has 0 spiro atoms. The van der Waals surface area contributed by atoms with E-state index >= 15 is 0 Å². The van der Waals surface area contributed by atoms with Gasteiger partial charge in [0.05, 0.1) is 5.69 Å². The molecule has 0 radical (unpaired) electrons. The number of aryl methyl sites for hydroxylation is 2. The van der Waals surface area contributed by atoms with Crippen LogP contribution in [-0.4, -0.2) is 43.7 Å². The van der Waals surface area contributed by atoms with E-state index in [-0.39, 0.29) is 36.1 Å². The summed E-state index contributed by atoms with van der Waals surface area (Å²) in [6, 6.07) is 18.2. The van der Waals surface area contributed by atoms with Gasteiger partial charge in [-0.3, -0.25) is 9.78 Å². The molecule has 0 N–H and O–H groups in total. The van der Waals surface area contributed by atoms with Gasteiger partial charge in [-0.2, -0.15) is 9.78 Å². The predicted octanol–water partition coefficient (Wildman–Crippen LogP) is 5.74. The smallest absolute Gasteiger partial charge is 0.435 e. The average molecular weight is 525 g/mol. The van der Waals surface area contributed by atoms with Crippen molar-refractivity contribution < 1.29 is 18.7 Å². The number of amides is 1. The molecule has 1 saturated carbocycles. The molecule has 1 unspecified atom stereocenters. The van der Waals surface area contributed by atoms with Crippen LogP contribution in [0.2, 0.25) is 0 Å². The van der Waals surface area contributed by atoms with Crippen LogP contribution < -0.4 is 0 Å². The monoisotopic (exact) mass is 524 g/mol. The summed E-state index contributed by atoms with van der Waals surface area (Å²) in [5.74, 6) is -0.402. The normalized spacial score (nSPS) is 16.4. The highest BCUT2D eigenvalue weighted by Crippen LogP contribution is 2.35. The molecule has 7 nitrogen and oxygen atoms in total. The molecule has 2 aliphatic rings. The molecule has 1 amide bonds. The van der Waals surface area contributed by atoms with Crippen LogP contribution in [0.3, 0.4) is 0 Å². The lowest BCUT2D eigenvalue weighted by molar-refractivity contribution is 0.0642. The number of carbonyl (C=O) groups excluding carboxylic acids is 2. The fourth-order valence-corrected chi connectivity index (χ4v) is 5.25. The molecule has 1 atom stereocenters. The molecule has 0 aliphatic heterocycles. The molecule has 0 bridgehead atoms. The van der Waals surface area contributed by atoms with Gasteiger partial charge in [-0.05, 0) is 73.9 Å². The van der Waals surface area contributed by atoms with Gasteiger partial charge >= 0.3 is 6.09 Å². The van der Waals surface area contributed by atoms with E-state index in [0.29, 0.717) is 24.0 Å². The Morgan fingerprint density at radius 1 is 1.05 bits per heavy atom. The number of hydrogen-bond donors (Lipinski definition) is 0. The van der Waals surface area contributed by atoms with Gasteiger partial charge in [0.2, 0.25) is 0 Å². The van der Waals surface area contributed by atoms with Crippen LogP contribution in [0, 0.1) is 12.7 Å². The summed E-state index contributed by atoms with van der Waals surface area (Å²) in [6.07, 6.45) is 6.93. The van der Waals surface area contributed by atoms with E-state index in [2.05, 4.69) is 10.1 Å². The molecule has 4 aromatic rings. The fourth-order valence-electron chi connectivity index (χ4n) is 5.25. The Balaban J connectivity index is 1.15. The molecular weight excluding hydrogens is 495 g/mol. The lowest BCUT2D eigenvalue weighted by atomic mass is 9.91.